The number of aliphatic hydroxyl groups is 1. The van der Waals surface area contributed by atoms with Gasteiger partial charge in [0.2, 0.25) is 0 Å². The summed E-state index contributed by atoms with van der Waals surface area (Å²) in [6.45, 7) is 3.01. The molecule has 0 amide bonds. The number of piperidine rings is 1. The molecule has 0 spiro atoms. The first-order valence-electron chi connectivity index (χ1n) is 6.86. The summed E-state index contributed by atoms with van der Waals surface area (Å²) in [5.41, 5.74) is 5.57. The Morgan fingerprint density at radius 2 is 2.00 bits per heavy atom. The molecule has 1 aliphatic carbocycles. The molecule has 0 aromatic carbocycles. The van der Waals surface area contributed by atoms with E-state index in [0.29, 0.717) is 12.6 Å². The molecule has 2 saturated heterocycles. The lowest BCUT2D eigenvalue weighted by atomic mass is 9.55. The van der Waals surface area contributed by atoms with Gasteiger partial charge < -0.3 is 15.7 Å². The maximum absolute atomic E-state index is 11.0. The topological polar surface area (TPSA) is 49.5 Å². The summed E-state index contributed by atoms with van der Waals surface area (Å²) >= 11 is 0. The number of fused-ring (bicyclic) bond motifs is 1. The quantitative estimate of drug-likeness (QED) is 0.738. The molecule has 0 aromatic heterocycles. The van der Waals surface area contributed by atoms with Gasteiger partial charge in [0.15, 0.2) is 0 Å². The molecule has 2 unspecified atom stereocenters. The Labute approximate surface area is 98.0 Å². The lowest BCUT2D eigenvalue weighted by molar-refractivity contribution is -0.159. The average Bonchev–Trinajstić information content (AvgIpc) is 2.63. The van der Waals surface area contributed by atoms with Crippen molar-refractivity contribution in [2.45, 2.75) is 56.6 Å². The molecule has 2 aliphatic heterocycles. The van der Waals surface area contributed by atoms with Crippen LogP contribution in [0.1, 0.15) is 44.9 Å². The second-order valence-corrected chi connectivity index (χ2v) is 6.16. The summed E-state index contributed by atoms with van der Waals surface area (Å²) in [7, 11) is 0. The van der Waals surface area contributed by atoms with Crippen molar-refractivity contribution in [1.82, 2.24) is 4.90 Å². The molecule has 1 saturated carbocycles. The van der Waals surface area contributed by atoms with E-state index in [0.717, 1.165) is 32.2 Å². The molecule has 0 radical (unpaired) electrons. The van der Waals surface area contributed by atoms with E-state index < -0.39 is 5.60 Å². The predicted octanol–water partition coefficient (Wildman–Crippen LogP) is 1.10. The summed E-state index contributed by atoms with van der Waals surface area (Å²) in [4.78, 5) is 2.57. The van der Waals surface area contributed by atoms with E-state index in [9.17, 15) is 5.11 Å². The van der Waals surface area contributed by atoms with Gasteiger partial charge in [-0.25, -0.2) is 0 Å². The second-order valence-electron chi connectivity index (χ2n) is 6.16. The lowest BCUT2D eigenvalue weighted by Crippen LogP contribution is -2.62. The zero-order valence-electron chi connectivity index (χ0n) is 10.1. The van der Waals surface area contributed by atoms with Crippen LogP contribution < -0.4 is 5.73 Å². The number of nitrogens with two attached hydrogens (primary N) is 1. The van der Waals surface area contributed by atoms with Gasteiger partial charge in [-0.05, 0) is 45.1 Å². The number of rotatable bonds is 2. The molecule has 3 aliphatic rings. The first-order valence-corrected chi connectivity index (χ1v) is 6.86. The fraction of sp³-hybridized carbons (Fsp3) is 1.00. The Morgan fingerprint density at radius 3 is 2.62 bits per heavy atom. The molecule has 3 N–H and O–H groups in total. The van der Waals surface area contributed by atoms with Crippen LogP contribution in [-0.4, -0.2) is 41.3 Å². The van der Waals surface area contributed by atoms with Gasteiger partial charge in [-0.2, -0.15) is 0 Å². The van der Waals surface area contributed by atoms with Crippen LogP contribution in [0.4, 0.5) is 0 Å². The molecule has 0 bridgehead atoms. The Morgan fingerprint density at radius 1 is 1.19 bits per heavy atom. The summed E-state index contributed by atoms with van der Waals surface area (Å²) in [6.07, 6.45) is 8.07. The smallest absolute Gasteiger partial charge is 0.0742 e. The van der Waals surface area contributed by atoms with Gasteiger partial charge >= 0.3 is 0 Å². The monoisotopic (exact) mass is 224 g/mol. The van der Waals surface area contributed by atoms with Crippen LogP contribution in [0.25, 0.3) is 0 Å². The molecule has 92 valence electrons. The largest absolute Gasteiger partial charge is 0.389 e. The Bertz CT molecular complexity index is 272. The predicted molar refractivity (Wildman–Crippen MR) is 64.1 cm³/mol. The third kappa shape index (κ3) is 1.38. The van der Waals surface area contributed by atoms with Crippen LogP contribution in [0.15, 0.2) is 0 Å². The second kappa shape index (κ2) is 3.69. The molecule has 2 heterocycles. The van der Waals surface area contributed by atoms with E-state index in [1.165, 1.54) is 25.8 Å². The van der Waals surface area contributed by atoms with Crippen molar-refractivity contribution in [3.8, 4) is 0 Å². The normalized spacial score (nSPS) is 42.8. The SMILES string of the molecule is NCC1(C2(O)CCN3CCCC3C2)CCC1. The van der Waals surface area contributed by atoms with Crippen LogP contribution in [-0.2, 0) is 0 Å². The standard InChI is InChI=1S/C13H24N2O/c14-10-12(4-2-5-12)13(16)6-8-15-7-1-3-11(15)9-13/h11,16H,1-10,14H2. The summed E-state index contributed by atoms with van der Waals surface area (Å²) < 4.78 is 0. The molecular formula is C13H24N2O. The first kappa shape index (κ1) is 11.0. The highest BCUT2D eigenvalue weighted by Gasteiger charge is 2.55. The first-order chi connectivity index (χ1) is 7.69. The average molecular weight is 224 g/mol. The maximum Gasteiger partial charge on any atom is 0.0742 e. The van der Waals surface area contributed by atoms with Crippen LogP contribution in [0.5, 0.6) is 0 Å². The molecule has 3 rings (SSSR count). The van der Waals surface area contributed by atoms with Crippen molar-refractivity contribution < 1.29 is 5.11 Å². The van der Waals surface area contributed by atoms with Gasteiger partial charge in [0.25, 0.3) is 0 Å². The van der Waals surface area contributed by atoms with Gasteiger partial charge in [0, 0.05) is 24.5 Å². The van der Waals surface area contributed by atoms with Crippen LogP contribution in [0.2, 0.25) is 0 Å². The fourth-order valence-electron chi connectivity index (χ4n) is 4.19. The molecule has 3 nitrogen and oxygen atoms in total. The Hall–Kier alpha value is -0.120. The minimum atomic E-state index is -0.453. The highest BCUT2D eigenvalue weighted by atomic mass is 16.3. The highest BCUT2D eigenvalue weighted by molar-refractivity contribution is 5.09. The zero-order chi connectivity index (χ0) is 11.2. The van der Waals surface area contributed by atoms with E-state index in [1.54, 1.807) is 0 Å². The number of hydrogen-bond donors (Lipinski definition) is 2. The van der Waals surface area contributed by atoms with Gasteiger partial charge in [-0.1, -0.05) is 6.42 Å². The summed E-state index contributed by atoms with van der Waals surface area (Å²) in [5, 5.41) is 11.0. The Balaban J connectivity index is 1.78. The van der Waals surface area contributed by atoms with Crippen LogP contribution in [0.3, 0.4) is 0 Å². The number of hydrogen-bond acceptors (Lipinski definition) is 3. The van der Waals surface area contributed by atoms with Gasteiger partial charge in [0.1, 0.15) is 0 Å². The van der Waals surface area contributed by atoms with Crippen molar-refractivity contribution in [3.05, 3.63) is 0 Å². The molecule has 2 atom stereocenters. The third-order valence-corrected chi connectivity index (χ3v) is 5.57. The van der Waals surface area contributed by atoms with Crippen molar-refractivity contribution >= 4 is 0 Å². The highest BCUT2D eigenvalue weighted by Crippen LogP contribution is 2.54. The van der Waals surface area contributed by atoms with Crippen molar-refractivity contribution in [1.29, 1.82) is 0 Å². The minimum absolute atomic E-state index is 0.0711. The van der Waals surface area contributed by atoms with E-state index >= 15 is 0 Å². The van der Waals surface area contributed by atoms with Crippen LogP contribution in [0, 0.1) is 5.41 Å². The molecular weight excluding hydrogens is 200 g/mol. The van der Waals surface area contributed by atoms with Crippen molar-refractivity contribution in [2.75, 3.05) is 19.6 Å². The van der Waals surface area contributed by atoms with E-state index in [4.69, 9.17) is 5.73 Å². The van der Waals surface area contributed by atoms with E-state index in [2.05, 4.69) is 4.90 Å². The summed E-state index contributed by atoms with van der Waals surface area (Å²) in [5.74, 6) is 0. The summed E-state index contributed by atoms with van der Waals surface area (Å²) in [6, 6.07) is 0.641. The maximum atomic E-state index is 11.0. The number of nitrogens with zero attached hydrogens (tertiary/aromatic N) is 1. The van der Waals surface area contributed by atoms with Gasteiger partial charge in [-0.15, -0.1) is 0 Å². The fourth-order valence-corrected chi connectivity index (χ4v) is 4.19. The minimum Gasteiger partial charge on any atom is -0.389 e. The third-order valence-electron chi connectivity index (χ3n) is 5.57. The van der Waals surface area contributed by atoms with Crippen LogP contribution >= 0.6 is 0 Å². The van der Waals surface area contributed by atoms with Crippen molar-refractivity contribution in [2.24, 2.45) is 11.1 Å². The van der Waals surface area contributed by atoms with E-state index in [-0.39, 0.29) is 5.41 Å². The van der Waals surface area contributed by atoms with E-state index in [1.807, 2.05) is 0 Å². The zero-order valence-corrected chi connectivity index (χ0v) is 10.1. The molecule has 3 heteroatoms. The van der Waals surface area contributed by atoms with Gasteiger partial charge in [-0.3, -0.25) is 0 Å². The van der Waals surface area contributed by atoms with Crippen molar-refractivity contribution in [3.63, 3.8) is 0 Å². The molecule has 16 heavy (non-hydrogen) atoms. The molecule has 3 fully saturated rings. The molecule has 0 aromatic rings. The Kier molecular flexibility index (Phi) is 2.54. The van der Waals surface area contributed by atoms with Gasteiger partial charge in [0.05, 0.1) is 5.60 Å². The lowest BCUT2D eigenvalue weighted by Gasteiger charge is -2.56.